The second-order valence-corrected chi connectivity index (χ2v) is 11.8. The Morgan fingerprint density at radius 2 is 0.833 bits per heavy atom. The molecule has 48 heavy (non-hydrogen) atoms. The summed E-state index contributed by atoms with van der Waals surface area (Å²) in [7, 11) is 0. The lowest BCUT2D eigenvalue weighted by molar-refractivity contribution is 1.07. The Morgan fingerprint density at radius 1 is 0.292 bits per heavy atom. The molecule has 9 rings (SSSR count). The fourth-order valence-electron chi connectivity index (χ4n) is 6.61. The highest BCUT2D eigenvalue weighted by atomic mass is 15.0. The van der Waals surface area contributed by atoms with E-state index in [9.17, 15) is 0 Å². The highest BCUT2D eigenvalue weighted by Crippen LogP contribution is 2.38. The van der Waals surface area contributed by atoms with Gasteiger partial charge in [-0.25, -0.2) is 19.9 Å². The number of aromatic nitrogens is 4. The van der Waals surface area contributed by atoms with Crippen molar-refractivity contribution in [1.82, 2.24) is 19.9 Å². The van der Waals surface area contributed by atoms with E-state index in [2.05, 4.69) is 127 Å². The third kappa shape index (κ3) is 4.88. The number of hydrogen-bond acceptors (Lipinski definition) is 4. The molecule has 0 atom stereocenters. The lowest BCUT2D eigenvalue weighted by Gasteiger charge is -2.14. The van der Waals surface area contributed by atoms with Crippen molar-refractivity contribution < 1.29 is 0 Å². The predicted molar refractivity (Wildman–Crippen MR) is 197 cm³/mol. The second kappa shape index (κ2) is 11.7. The number of hydrogen-bond donors (Lipinski definition) is 0. The van der Waals surface area contributed by atoms with E-state index < -0.39 is 0 Å². The molecule has 7 aromatic carbocycles. The van der Waals surface area contributed by atoms with Crippen molar-refractivity contribution >= 4 is 32.6 Å². The molecule has 0 amide bonds. The van der Waals surface area contributed by atoms with E-state index in [1.54, 1.807) is 0 Å². The largest absolute Gasteiger partial charge is 0.247 e. The molecular formula is C44H28N4. The van der Waals surface area contributed by atoms with Crippen molar-refractivity contribution in [2.24, 2.45) is 0 Å². The molecule has 0 spiro atoms. The van der Waals surface area contributed by atoms with Gasteiger partial charge in [0.2, 0.25) is 0 Å². The Morgan fingerprint density at radius 3 is 1.58 bits per heavy atom. The molecule has 0 aliphatic carbocycles. The van der Waals surface area contributed by atoms with Gasteiger partial charge in [0.05, 0.1) is 11.0 Å². The Labute approximate surface area is 278 Å². The van der Waals surface area contributed by atoms with Crippen LogP contribution in [0.3, 0.4) is 0 Å². The van der Waals surface area contributed by atoms with E-state index in [4.69, 9.17) is 19.9 Å². The maximum atomic E-state index is 5.14. The number of nitrogens with zero attached hydrogens (tertiary/aromatic N) is 4. The van der Waals surface area contributed by atoms with Gasteiger partial charge in [0.1, 0.15) is 0 Å². The number of fused-ring (bicyclic) bond motifs is 4. The van der Waals surface area contributed by atoms with Crippen molar-refractivity contribution in [3.8, 4) is 56.4 Å². The highest BCUT2D eigenvalue weighted by molar-refractivity contribution is 6.16. The van der Waals surface area contributed by atoms with Gasteiger partial charge in [-0.3, -0.25) is 0 Å². The summed E-state index contributed by atoms with van der Waals surface area (Å²) in [6.45, 7) is 0. The third-order valence-corrected chi connectivity index (χ3v) is 8.93. The fourth-order valence-corrected chi connectivity index (χ4v) is 6.61. The lowest BCUT2D eigenvalue weighted by atomic mass is 9.93. The monoisotopic (exact) mass is 612 g/mol. The van der Waals surface area contributed by atoms with Crippen LogP contribution in [-0.2, 0) is 0 Å². The SMILES string of the molecule is c1ccc(-c2nc(-c3ccc(-c4c5ccccc5nc5c4ccc4ccccc45)cc3)nc(-c3ccccc3-c3ccccc3)n2)cc1. The summed E-state index contributed by atoms with van der Waals surface area (Å²) in [6.07, 6.45) is 0. The molecule has 9 aromatic rings. The number of para-hydroxylation sites is 1. The zero-order valence-corrected chi connectivity index (χ0v) is 26.0. The van der Waals surface area contributed by atoms with Gasteiger partial charge in [-0.2, -0.15) is 0 Å². The van der Waals surface area contributed by atoms with Gasteiger partial charge in [0.15, 0.2) is 17.5 Å². The number of benzene rings is 7. The van der Waals surface area contributed by atoms with Gasteiger partial charge in [-0.1, -0.05) is 164 Å². The van der Waals surface area contributed by atoms with Crippen molar-refractivity contribution in [2.45, 2.75) is 0 Å². The molecule has 0 radical (unpaired) electrons. The van der Waals surface area contributed by atoms with E-state index in [0.29, 0.717) is 17.5 Å². The molecule has 0 aliphatic heterocycles. The van der Waals surface area contributed by atoms with Crippen LogP contribution in [0.1, 0.15) is 0 Å². The molecule has 4 heteroatoms. The molecule has 4 nitrogen and oxygen atoms in total. The Bertz CT molecular complexity index is 2600. The normalized spacial score (nSPS) is 11.3. The molecule has 0 saturated heterocycles. The van der Waals surface area contributed by atoms with Crippen LogP contribution >= 0.6 is 0 Å². The van der Waals surface area contributed by atoms with Gasteiger partial charge in [0.25, 0.3) is 0 Å². The van der Waals surface area contributed by atoms with Crippen LogP contribution in [0.4, 0.5) is 0 Å². The van der Waals surface area contributed by atoms with E-state index in [1.807, 2.05) is 42.5 Å². The zero-order valence-electron chi connectivity index (χ0n) is 26.0. The van der Waals surface area contributed by atoms with Crippen LogP contribution in [-0.4, -0.2) is 19.9 Å². The maximum absolute atomic E-state index is 5.14. The van der Waals surface area contributed by atoms with E-state index >= 15 is 0 Å². The Kier molecular flexibility index (Phi) is 6.76. The first-order valence-corrected chi connectivity index (χ1v) is 16.1. The first-order valence-electron chi connectivity index (χ1n) is 16.1. The average Bonchev–Trinajstić information content (AvgIpc) is 3.17. The summed E-state index contributed by atoms with van der Waals surface area (Å²) in [5.41, 5.74) is 9.30. The van der Waals surface area contributed by atoms with Crippen molar-refractivity contribution in [3.63, 3.8) is 0 Å². The fraction of sp³-hybridized carbons (Fsp3) is 0. The van der Waals surface area contributed by atoms with Crippen LogP contribution in [0.15, 0.2) is 170 Å². The smallest absolute Gasteiger partial charge is 0.164 e. The van der Waals surface area contributed by atoms with Crippen molar-refractivity contribution in [3.05, 3.63) is 170 Å². The summed E-state index contributed by atoms with van der Waals surface area (Å²) in [5.74, 6) is 1.91. The third-order valence-electron chi connectivity index (χ3n) is 8.93. The minimum absolute atomic E-state index is 0.628. The minimum atomic E-state index is 0.628. The number of rotatable bonds is 5. The topological polar surface area (TPSA) is 51.6 Å². The summed E-state index contributed by atoms with van der Waals surface area (Å²) >= 11 is 0. The summed E-state index contributed by atoms with van der Waals surface area (Å²) in [5, 5.41) is 4.59. The lowest BCUT2D eigenvalue weighted by Crippen LogP contribution is -2.01. The summed E-state index contributed by atoms with van der Waals surface area (Å²) in [6, 6.07) is 58.6. The first kappa shape index (κ1) is 27.8. The molecule has 2 aromatic heterocycles. The molecule has 0 saturated carbocycles. The van der Waals surface area contributed by atoms with Gasteiger partial charge in [0, 0.05) is 38.4 Å². The Balaban J connectivity index is 1.21. The van der Waals surface area contributed by atoms with E-state index in [1.165, 1.54) is 10.9 Å². The Hall–Kier alpha value is -6.52. The molecule has 224 valence electrons. The van der Waals surface area contributed by atoms with Crippen molar-refractivity contribution in [1.29, 1.82) is 0 Å². The standard InChI is InChI=1S/C44H28N4/c1-3-13-29(14-4-1)34-18-9-10-20-36(34)44-47-42(32-16-5-2-6-17-32)46-43(48-44)33-25-23-31(24-26-33)40-37-21-11-12-22-39(37)45-41-35-19-8-7-15-30(35)27-28-38(40)41/h1-28H. The minimum Gasteiger partial charge on any atom is -0.247 e. The molecule has 0 unspecified atom stereocenters. The van der Waals surface area contributed by atoms with Gasteiger partial charge in [-0.05, 0) is 28.1 Å². The average molecular weight is 613 g/mol. The molecule has 0 aliphatic rings. The van der Waals surface area contributed by atoms with Crippen LogP contribution in [0.2, 0.25) is 0 Å². The zero-order chi connectivity index (χ0) is 31.9. The number of pyridine rings is 1. The van der Waals surface area contributed by atoms with Gasteiger partial charge in [-0.15, -0.1) is 0 Å². The molecular weight excluding hydrogens is 585 g/mol. The molecule has 0 bridgehead atoms. The van der Waals surface area contributed by atoms with Crippen LogP contribution < -0.4 is 0 Å². The summed E-state index contributed by atoms with van der Waals surface area (Å²) in [4.78, 5) is 20.2. The van der Waals surface area contributed by atoms with Crippen molar-refractivity contribution in [2.75, 3.05) is 0 Å². The highest BCUT2D eigenvalue weighted by Gasteiger charge is 2.17. The van der Waals surface area contributed by atoms with Crippen LogP contribution in [0.25, 0.3) is 89.0 Å². The second-order valence-electron chi connectivity index (χ2n) is 11.8. The maximum Gasteiger partial charge on any atom is 0.164 e. The quantitative estimate of drug-likeness (QED) is 0.143. The van der Waals surface area contributed by atoms with E-state index in [-0.39, 0.29) is 0 Å². The summed E-state index contributed by atoms with van der Waals surface area (Å²) < 4.78 is 0. The van der Waals surface area contributed by atoms with Crippen LogP contribution in [0.5, 0.6) is 0 Å². The first-order chi connectivity index (χ1) is 23.8. The van der Waals surface area contributed by atoms with Gasteiger partial charge < -0.3 is 0 Å². The molecule has 2 heterocycles. The van der Waals surface area contributed by atoms with Crippen LogP contribution in [0, 0.1) is 0 Å². The van der Waals surface area contributed by atoms with Gasteiger partial charge >= 0.3 is 0 Å². The predicted octanol–water partition coefficient (Wildman–Crippen LogP) is 11.1. The van der Waals surface area contributed by atoms with E-state index in [0.717, 1.165) is 60.6 Å². The molecule has 0 fully saturated rings. The molecule has 0 N–H and O–H groups in total.